The van der Waals surface area contributed by atoms with Gasteiger partial charge in [-0.05, 0) is 7.05 Å². The molecule has 0 aliphatic heterocycles. The minimum absolute atomic E-state index is 0.405. The molecule has 0 saturated heterocycles. The number of hydrogen-bond acceptors (Lipinski definition) is 4. The van der Waals surface area contributed by atoms with E-state index in [1.807, 2.05) is 4.57 Å². The molecule has 1 aromatic rings. The highest BCUT2D eigenvalue weighted by Crippen LogP contribution is 1.99. The third kappa shape index (κ3) is 4.15. The van der Waals surface area contributed by atoms with Crippen molar-refractivity contribution in [1.82, 2.24) is 19.7 Å². The van der Waals surface area contributed by atoms with Gasteiger partial charge in [-0.15, -0.1) is 21.8 Å². The quantitative estimate of drug-likeness (QED) is 0.646. The molecule has 1 heterocycles. The first-order valence-corrected chi connectivity index (χ1v) is 5.41. The molecule has 0 unspecified atom stereocenters. The van der Waals surface area contributed by atoms with Crippen LogP contribution < -0.4 is 0 Å². The van der Waals surface area contributed by atoms with Crippen molar-refractivity contribution in [2.45, 2.75) is 12.4 Å². The summed E-state index contributed by atoms with van der Waals surface area (Å²) in [6, 6.07) is 0. The fourth-order valence-corrected chi connectivity index (χ4v) is 1.41. The molecular weight excluding hydrogens is 216 g/mol. The topological polar surface area (TPSA) is 43.2 Å². The van der Waals surface area contributed by atoms with Gasteiger partial charge in [0, 0.05) is 26.7 Å². The van der Waals surface area contributed by atoms with Gasteiger partial charge >= 0.3 is 0 Å². The highest BCUT2D eigenvalue weighted by molar-refractivity contribution is 6.16. The summed E-state index contributed by atoms with van der Waals surface area (Å²) in [5, 5.41) is 7.73. The first kappa shape index (κ1) is 12.4. The molecule has 15 heavy (non-hydrogen) atoms. The number of rotatable bonds is 7. The number of halogens is 1. The Morgan fingerprint density at radius 3 is 3.00 bits per heavy atom. The third-order valence-corrected chi connectivity index (χ3v) is 2.45. The summed E-state index contributed by atoms with van der Waals surface area (Å²) in [7, 11) is 3.77. The van der Waals surface area contributed by atoms with Crippen molar-refractivity contribution in [2.24, 2.45) is 0 Å². The van der Waals surface area contributed by atoms with Gasteiger partial charge in [-0.25, -0.2) is 0 Å². The van der Waals surface area contributed by atoms with E-state index in [9.17, 15) is 0 Å². The van der Waals surface area contributed by atoms with Crippen molar-refractivity contribution in [2.75, 3.05) is 33.9 Å². The van der Waals surface area contributed by atoms with Gasteiger partial charge in [-0.2, -0.15) is 0 Å². The largest absolute Gasteiger partial charge is 0.383 e. The molecular formula is C9H17ClN4O. The van der Waals surface area contributed by atoms with E-state index in [1.54, 1.807) is 13.4 Å². The van der Waals surface area contributed by atoms with Gasteiger partial charge in [0.15, 0.2) is 0 Å². The zero-order valence-corrected chi connectivity index (χ0v) is 9.94. The maximum absolute atomic E-state index is 5.72. The maximum atomic E-state index is 5.72. The van der Waals surface area contributed by atoms with Gasteiger partial charge in [0.1, 0.15) is 12.2 Å². The Morgan fingerprint density at radius 1 is 1.53 bits per heavy atom. The summed E-state index contributed by atoms with van der Waals surface area (Å²) in [4.78, 5) is 2.20. The molecule has 0 fully saturated rings. The number of methoxy groups -OCH3 is 1. The van der Waals surface area contributed by atoms with E-state index in [1.165, 1.54) is 0 Å². The highest BCUT2D eigenvalue weighted by Gasteiger charge is 2.03. The number of aromatic nitrogens is 3. The van der Waals surface area contributed by atoms with E-state index >= 15 is 0 Å². The van der Waals surface area contributed by atoms with Crippen LogP contribution in [0.1, 0.15) is 5.82 Å². The Labute approximate surface area is 95.0 Å². The lowest BCUT2D eigenvalue weighted by Gasteiger charge is -2.16. The molecule has 6 heteroatoms. The normalized spacial score (nSPS) is 11.2. The average molecular weight is 233 g/mol. The van der Waals surface area contributed by atoms with E-state index in [2.05, 4.69) is 22.1 Å². The molecule has 0 amide bonds. The van der Waals surface area contributed by atoms with Crippen LogP contribution in [-0.4, -0.2) is 53.5 Å². The Bertz CT molecular complexity index is 279. The van der Waals surface area contributed by atoms with Crippen LogP contribution in [0.5, 0.6) is 0 Å². The molecule has 0 radical (unpaired) electrons. The summed E-state index contributed by atoms with van der Waals surface area (Å²) < 4.78 is 6.97. The second-order valence-electron chi connectivity index (χ2n) is 3.37. The van der Waals surface area contributed by atoms with Crippen LogP contribution in [0.3, 0.4) is 0 Å². The first-order valence-electron chi connectivity index (χ1n) is 4.88. The molecule has 0 aliphatic rings. The van der Waals surface area contributed by atoms with Gasteiger partial charge in [-0.3, -0.25) is 0 Å². The predicted octanol–water partition coefficient (Wildman–Crippen LogP) is 0.595. The molecule has 1 rings (SSSR count). The van der Waals surface area contributed by atoms with Gasteiger partial charge in [-0.1, -0.05) is 0 Å². The lowest BCUT2D eigenvalue weighted by molar-refractivity contribution is 0.159. The Morgan fingerprint density at radius 2 is 2.33 bits per heavy atom. The lowest BCUT2D eigenvalue weighted by atomic mass is 10.5. The molecule has 0 aromatic carbocycles. The molecule has 5 nitrogen and oxygen atoms in total. The van der Waals surface area contributed by atoms with E-state index < -0.39 is 0 Å². The fourth-order valence-electron chi connectivity index (χ4n) is 1.21. The summed E-state index contributed by atoms with van der Waals surface area (Å²) in [6.45, 7) is 3.47. The van der Waals surface area contributed by atoms with Crippen LogP contribution in [0, 0.1) is 0 Å². The van der Waals surface area contributed by atoms with E-state index in [4.69, 9.17) is 16.3 Å². The van der Waals surface area contributed by atoms with Crippen molar-refractivity contribution in [3.63, 3.8) is 0 Å². The summed E-state index contributed by atoms with van der Waals surface area (Å²) >= 11 is 5.72. The van der Waals surface area contributed by atoms with Crippen molar-refractivity contribution in [3.05, 3.63) is 12.2 Å². The Balaban J connectivity index is 2.30. The second kappa shape index (κ2) is 6.76. The van der Waals surface area contributed by atoms with Crippen LogP contribution >= 0.6 is 11.6 Å². The minimum atomic E-state index is 0.405. The first-order chi connectivity index (χ1) is 7.27. The molecule has 0 spiro atoms. The molecule has 0 atom stereocenters. The minimum Gasteiger partial charge on any atom is -0.383 e. The van der Waals surface area contributed by atoms with Gasteiger partial charge < -0.3 is 14.2 Å². The summed E-state index contributed by atoms with van der Waals surface area (Å²) in [5.74, 6) is 1.22. The van der Waals surface area contributed by atoms with Crippen molar-refractivity contribution in [3.8, 4) is 0 Å². The second-order valence-corrected chi connectivity index (χ2v) is 3.64. The standard InChI is InChI=1S/C9H17ClN4O/c1-13(5-6-15-2)3-4-14-8-11-12-9(14)7-10/h8H,3-7H2,1-2H3. The van der Waals surface area contributed by atoms with E-state index in [0.717, 1.165) is 32.1 Å². The zero-order chi connectivity index (χ0) is 11.1. The van der Waals surface area contributed by atoms with Crippen molar-refractivity contribution >= 4 is 11.6 Å². The number of ether oxygens (including phenoxy) is 1. The van der Waals surface area contributed by atoms with Crippen molar-refractivity contribution < 1.29 is 4.74 Å². The molecule has 0 saturated carbocycles. The molecule has 1 aromatic heterocycles. The molecule has 0 aliphatic carbocycles. The Kier molecular flexibility index (Phi) is 5.60. The summed E-state index contributed by atoms with van der Waals surface area (Å²) in [6.07, 6.45) is 1.71. The van der Waals surface area contributed by atoms with Gasteiger partial charge in [0.25, 0.3) is 0 Å². The predicted molar refractivity (Wildman–Crippen MR) is 59.0 cm³/mol. The molecule has 0 N–H and O–H groups in total. The lowest BCUT2D eigenvalue weighted by Crippen LogP contribution is -2.27. The SMILES string of the molecule is COCCN(C)CCn1cnnc1CCl. The average Bonchev–Trinajstić information content (AvgIpc) is 2.70. The zero-order valence-electron chi connectivity index (χ0n) is 9.19. The van der Waals surface area contributed by atoms with Crippen LogP contribution in [-0.2, 0) is 17.2 Å². The van der Waals surface area contributed by atoms with Gasteiger partial charge in [0.05, 0.1) is 12.5 Å². The smallest absolute Gasteiger partial charge is 0.147 e. The van der Waals surface area contributed by atoms with Crippen LogP contribution in [0.4, 0.5) is 0 Å². The monoisotopic (exact) mass is 232 g/mol. The highest BCUT2D eigenvalue weighted by atomic mass is 35.5. The third-order valence-electron chi connectivity index (χ3n) is 2.22. The van der Waals surface area contributed by atoms with Crippen molar-refractivity contribution in [1.29, 1.82) is 0 Å². The fraction of sp³-hybridized carbons (Fsp3) is 0.778. The number of nitrogens with zero attached hydrogens (tertiary/aromatic N) is 4. The van der Waals surface area contributed by atoms with Crippen LogP contribution in [0.15, 0.2) is 6.33 Å². The number of likely N-dealkylation sites (N-methyl/N-ethyl adjacent to an activating group) is 1. The van der Waals surface area contributed by atoms with Crippen LogP contribution in [0.2, 0.25) is 0 Å². The molecule has 86 valence electrons. The molecule has 0 bridgehead atoms. The van der Waals surface area contributed by atoms with Gasteiger partial charge in [0.2, 0.25) is 0 Å². The number of alkyl halides is 1. The van der Waals surface area contributed by atoms with E-state index in [-0.39, 0.29) is 0 Å². The maximum Gasteiger partial charge on any atom is 0.147 e. The Hall–Kier alpha value is -0.650. The summed E-state index contributed by atoms with van der Waals surface area (Å²) in [5.41, 5.74) is 0. The van der Waals surface area contributed by atoms with Crippen LogP contribution in [0.25, 0.3) is 0 Å². The van der Waals surface area contributed by atoms with E-state index in [0.29, 0.717) is 5.88 Å². The number of hydrogen-bond donors (Lipinski definition) is 0.